The number of hydrogen-bond donors (Lipinski definition) is 2. The number of rotatable bonds is 6. The Kier molecular flexibility index (Phi) is 5.21. The summed E-state index contributed by atoms with van der Waals surface area (Å²) in [6.07, 6.45) is 2.47. The lowest BCUT2D eigenvalue weighted by Gasteiger charge is -2.20. The van der Waals surface area contributed by atoms with E-state index >= 15 is 0 Å². The van der Waals surface area contributed by atoms with Crippen LogP contribution in [-0.4, -0.2) is 49.1 Å². The van der Waals surface area contributed by atoms with E-state index in [1.165, 1.54) is 12.8 Å². The number of nitrogens with one attached hydrogen (secondary N) is 1. The van der Waals surface area contributed by atoms with E-state index in [-0.39, 0.29) is 31.2 Å². The average Bonchev–Trinajstić information content (AvgIpc) is 3.24. The molecule has 2 N–H and O–H groups in total. The zero-order chi connectivity index (χ0) is 17.8. The predicted octanol–water partition coefficient (Wildman–Crippen LogP) is 1.23. The molecule has 0 aromatic heterocycles. The van der Waals surface area contributed by atoms with E-state index in [0.29, 0.717) is 6.54 Å². The van der Waals surface area contributed by atoms with Crippen LogP contribution in [0.15, 0.2) is 24.3 Å². The fourth-order valence-electron chi connectivity index (χ4n) is 3.39. The van der Waals surface area contributed by atoms with Crippen molar-refractivity contribution in [3.8, 4) is 0 Å². The Balaban J connectivity index is 1.58. The largest absolute Gasteiger partial charge is 0.481 e. The van der Waals surface area contributed by atoms with Crippen LogP contribution in [0.2, 0.25) is 0 Å². The Labute approximate surface area is 146 Å². The summed E-state index contributed by atoms with van der Waals surface area (Å²) in [6, 6.07) is 7.90. The summed E-state index contributed by atoms with van der Waals surface area (Å²) in [5.74, 6) is -1.72. The van der Waals surface area contributed by atoms with Gasteiger partial charge < -0.3 is 20.2 Å². The molecular formula is C18H23N3O4. The molecule has 1 atom stereocenters. The topological polar surface area (TPSA) is 89.9 Å². The van der Waals surface area contributed by atoms with Crippen molar-refractivity contribution in [2.75, 3.05) is 36.0 Å². The van der Waals surface area contributed by atoms with Crippen LogP contribution < -0.4 is 15.1 Å². The number of hydrogen-bond acceptors (Lipinski definition) is 4. The minimum atomic E-state index is -0.956. The van der Waals surface area contributed by atoms with Gasteiger partial charge in [0, 0.05) is 44.0 Å². The molecule has 1 aromatic rings. The summed E-state index contributed by atoms with van der Waals surface area (Å²) in [4.78, 5) is 38.8. The van der Waals surface area contributed by atoms with E-state index in [0.717, 1.165) is 24.5 Å². The van der Waals surface area contributed by atoms with Crippen LogP contribution >= 0.6 is 0 Å². The molecule has 2 fully saturated rings. The minimum absolute atomic E-state index is 0.0766. The van der Waals surface area contributed by atoms with E-state index in [1.807, 2.05) is 24.3 Å². The van der Waals surface area contributed by atoms with Crippen molar-refractivity contribution in [3.05, 3.63) is 24.3 Å². The third-order valence-corrected chi connectivity index (χ3v) is 4.77. The monoisotopic (exact) mass is 345 g/mol. The Hall–Kier alpha value is -2.57. The van der Waals surface area contributed by atoms with Gasteiger partial charge in [-0.15, -0.1) is 0 Å². The van der Waals surface area contributed by atoms with Crippen molar-refractivity contribution in [3.63, 3.8) is 0 Å². The summed E-state index contributed by atoms with van der Waals surface area (Å²) in [5, 5.41) is 11.2. The first kappa shape index (κ1) is 17.3. The summed E-state index contributed by atoms with van der Waals surface area (Å²) >= 11 is 0. The molecule has 0 aliphatic carbocycles. The number of aliphatic carboxylic acids is 1. The first-order valence-corrected chi connectivity index (χ1v) is 8.69. The molecule has 25 heavy (non-hydrogen) atoms. The maximum Gasteiger partial charge on any atom is 0.305 e. The number of carboxylic acid groups (broad SMARTS) is 1. The van der Waals surface area contributed by atoms with Gasteiger partial charge in [-0.1, -0.05) is 0 Å². The lowest BCUT2D eigenvalue weighted by Crippen LogP contribution is -2.34. The highest BCUT2D eigenvalue weighted by atomic mass is 16.4. The first-order valence-electron chi connectivity index (χ1n) is 8.69. The minimum Gasteiger partial charge on any atom is -0.481 e. The van der Waals surface area contributed by atoms with Crippen LogP contribution in [0.4, 0.5) is 11.4 Å². The van der Waals surface area contributed by atoms with Crippen LogP contribution in [-0.2, 0) is 14.4 Å². The fourth-order valence-corrected chi connectivity index (χ4v) is 3.39. The smallest absolute Gasteiger partial charge is 0.305 e. The molecular weight excluding hydrogens is 322 g/mol. The average molecular weight is 345 g/mol. The van der Waals surface area contributed by atoms with Gasteiger partial charge in [-0.3, -0.25) is 14.4 Å². The third kappa shape index (κ3) is 4.10. The number of benzene rings is 1. The number of anilines is 2. The Morgan fingerprint density at radius 1 is 1.12 bits per heavy atom. The van der Waals surface area contributed by atoms with Crippen molar-refractivity contribution in [2.45, 2.75) is 25.7 Å². The number of carboxylic acids is 1. The lowest BCUT2D eigenvalue weighted by atomic mass is 10.1. The molecule has 3 rings (SSSR count). The number of carbonyl (C=O) groups is 3. The van der Waals surface area contributed by atoms with Crippen molar-refractivity contribution < 1.29 is 19.5 Å². The molecule has 0 saturated carbocycles. The van der Waals surface area contributed by atoms with E-state index in [1.54, 1.807) is 4.90 Å². The first-order chi connectivity index (χ1) is 12.0. The van der Waals surface area contributed by atoms with Crippen LogP contribution in [0.1, 0.15) is 25.7 Å². The number of carbonyl (C=O) groups excluding carboxylic acids is 2. The molecule has 1 unspecified atom stereocenters. The van der Waals surface area contributed by atoms with Gasteiger partial charge in [-0.25, -0.2) is 0 Å². The molecule has 2 aliphatic rings. The van der Waals surface area contributed by atoms with E-state index in [2.05, 4.69) is 10.2 Å². The van der Waals surface area contributed by atoms with Gasteiger partial charge >= 0.3 is 5.97 Å². The highest BCUT2D eigenvalue weighted by Gasteiger charge is 2.35. The van der Waals surface area contributed by atoms with Crippen LogP contribution in [0, 0.1) is 5.92 Å². The summed E-state index contributed by atoms with van der Waals surface area (Å²) in [5.41, 5.74) is 1.96. The Bertz CT molecular complexity index is 653. The fraction of sp³-hybridized carbons (Fsp3) is 0.500. The lowest BCUT2D eigenvalue weighted by molar-refractivity contribution is -0.137. The summed E-state index contributed by atoms with van der Waals surface area (Å²) < 4.78 is 0. The maximum absolute atomic E-state index is 12.3. The molecule has 7 nitrogen and oxygen atoms in total. The molecule has 2 amide bonds. The van der Waals surface area contributed by atoms with Gasteiger partial charge in [0.2, 0.25) is 11.8 Å². The standard InChI is InChI=1S/C18H23N3O4/c22-16-11-13(18(25)19-8-7-17(23)24)12-21(16)15-5-3-14(4-6-15)20-9-1-2-10-20/h3-6,13H,1-2,7-12H2,(H,19,25)(H,23,24). The SMILES string of the molecule is O=C(O)CCNC(=O)C1CC(=O)N(c2ccc(N3CCCC3)cc2)C1. The molecule has 2 aliphatic heterocycles. The second kappa shape index (κ2) is 7.55. The number of amides is 2. The van der Waals surface area contributed by atoms with E-state index < -0.39 is 11.9 Å². The second-order valence-corrected chi connectivity index (χ2v) is 6.55. The summed E-state index contributed by atoms with van der Waals surface area (Å²) in [7, 11) is 0. The zero-order valence-corrected chi connectivity index (χ0v) is 14.1. The van der Waals surface area contributed by atoms with Gasteiger partial charge in [0.15, 0.2) is 0 Å². The molecule has 0 bridgehead atoms. The van der Waals surface area contributed by atoms with Gasteiger partial charge in [0.25, 0.3) is 0 Å². The Morgan fingerprint density at radius 2 is 1.76 bits per heavy atom. The van der Waals surface area contributed by atoms with E-state index in [4.69, 9.17) is 5.11 Å². The molecule has 2 saturated heterocycles. The predicted molar refractivity (Wildman–Crippen MR) is 93.6 cm³/mol. The summed E-state index contributed by atoms with van der Waals surface area (Å²) in [6.45, 7) is 2.56. The normalized spacial score (nSPS) is 20.2. The number of nitrogens with zero attached hydrogens (tertiary/aromatic N) is 2. The van der Waals surface area contributed by atoms with Crippen molar-refractivity contribution in [1.29, 1.82) is 0 Å². The maximum atomic E-state index is 12.3. The molecule has 0 spiro atoms. The quantitative estimate of drug-likeness (QED) is 0.809. The van der Waals surface area contributed by atoms with Gasteiger partial charge in [0.05, 0.1) is 12.3 Å². The van der Waals surface area contributed by atoms with Crippen LogP contribution in [0.25, 0.3) is 0 Å². The Morgan fingerprint density at radius 3 is 2.40 bits per heavy atom. The highest BCUT2D eigenvalue weighted by Crippen LogP contribution is 2.28. The molecule has 1 aromatic carbocycles. The van der Waals surface area contributed by atoms with Crippen molar-refractivity contribution >= 4 is 29.2 Å². The van der Waals surface area contributed by atoms with Gasteiger partial charge in [0.1, 0.15) is 0 Å². The van der Waals surface area contributed by atoms with Gasteiger partial charge in [-0.2, -0.15) is 0 Å². The van der Waals surface area contributed by atoms with Crippen LogP contribution in [0.5, 0.6) is 0 Å². The van der Waals surface area contributed by atoms with Crippen LogP contribution in [0.3, 0.4) is 0 Å². The molecule has 134 valence electrons. The van der Waals surface area contributed by atoms with Crippen molar-refractivity contribution in [1.82, 2.24) is 5.32 Å². The van der Waals surface area contributed by atoms with E-state index in [9.17, 15) is 14.4 Å². The third-order valence-electron chi connectivity index (χ3n) is 4.77. The zero-order valence-electron chi connectivity index (χ0n) is 14.1. The highest BCUT2D eigenvalue weighted by molar-refractivity contribution is 6.00. The molecule has 7 heteroatoms. The van der Waals surface area contributed by atoms with Crippen molar-refractivity contribution in [2.24, 2.45) is 5.92 Å². The molecule has 0 radical (unpaired) electrons. The second-order valence-electron chi connectivity index (χ2n) is 6.55. The molecule has 2 heterocycles. The van der Waals surface area contributed by atoms with Gasteiger partial charge in [-0.05, 0) is 37.1 Å².